The molecule has 1 aromatic carbocycles. The molecular weight excluding hydrogens is 236 g/mol. The third-order valence-corrected chi connectivity index (χ3v) is 3.46. The van der Waals surface area contributed by atoms with Gasteiger partial charge in [0.2, 0.25) is 0 Å². The van der Waals surface area contributed by atoms with Crippen LogP contribution in [0.2, 0.25) is 0 Å². The van der Waals surface area contributed by atoms with Crippen LogP contribution in [0.15, 0.2) is 18.2 Å². The minimum atomic E-state index is 0.0978. The van der Waals surface area contributed by atoms with Crippen molar-refractivity contribution in [3.63, 3.8) is 0 Å². The molecule has 1 amide bonds. The lowest BCUT2D eigenvalue weighted by atomic mass is 10.1. The number of carbonyl (C=O) groups is 1. The Labute approximate surface area is 117 Å². The number of amides is 1. The highest BCUT2D eigenvalue weighted by atomic mass is 16.2. The van der Waals surface area contributed by atoms with E-state index in [9.17, 15) is 4.79 Å². The highest BCUT2D eigenvalue weighted by Crippen LogP contribution is 2.20. The van der Waals surface area contributed by atoms with Crippen LogP contribution in [-0.2, 0) is 0 Å². The van der Waals surface area contributed by atoms with E-state index in [1.807, 2.05) is 44.0 Å². The predicted octanol–water partition coefficient (Wildman–Crippen LogP) is 3.69. The van der Waals surface area contributed by atoms with Crippen LogP contribution in [0, 0.1) is 6.92 Å². The van der Waals surface area contributed by atoms with E-state index in [1.54, 1.807) is 0 Å². The number of benzene rings is 1. The molecule has 3 heteroatoms. The number of aryl methyl sites for hydroxylation is 1. The van der Waals surface area contributed by atoms with Gasteiger partial charge in [-0.1, -0.05) is 25.0 Å². The lowest BCUT2D eigenvalue weighted by molar-refractivity contribution is 0.0737. The van der Waals surface area contributed by atoms with E-state index in [-0.39, 0.29) is 11.9 Å². The summed E-state index contributed by atoms with van der Waals surface area (Å²) in [5, 5.41) is 3.26. The average molecular weight is 262 g/mol. The van der Waals surface area contributed by atoms with Crippen LogP contribution >= 0.6 is 0 Å². The first kappa shape index (κ1) is 15.5. The second-order valence-corrected chi connectivity index (χ2v) is 5.13. The molecule has 1 unspecified atom stereocenters. The van der Waals surface area contributed by atoms with Gasteiger partial charge in [0.1, 0.15) is 0 Å². The van der Waals surface area contributed by atoms with E-state index >= 15 is 0 Å². The highest BCUT2D eigenvalue weighted by Gasteiger charge is 2.19. The zero-order chi connectivity index (χ0) is 14.4. The summed E-state index contributed by atoms with van der Waals surface area (Å²) in [6.45, 7) is 9.12. The summed E-state index contributed by atoms with van der Waals surface area (Å²) in [7, 11) is 1.89. The maximum Gasteiger partial charge on any atom is 0.255 e. The molecule has 0 saturated carbocycles. The van der Waals surface area contributed by atoms with Gasteiger partial charge in [0, 0.05) is 25.3 Å². The lowest BCUT2D eigenvalue weighted by Gasteiger charge is -2.26. The van der Waals surface area contributed by atoms with Gasteiger partial charge in [0.15, 0.2) is 0 Å². The van der Waals surface area contributed by atoms with E-state index in [4.69, 9.17) is 0 Å². The van der Waals surface area contributed by atoms with Gasteiger partial charge >= 0.3 is 0 Å². The monoisotopic (exact) mass is 262 g/mol. The standard InChI is InChI=1S/C16H26N2O/c1-6-8-13(4)18(5)16(19)14-11-12(3)9-10-15(14)17-7-2/h9-11,13,17H,6-8H2,1-5H3. The van der Waals surface area contributed by atoms with Crippen molar-refractivity contribution in [2.75, 3.05) is 18.9 Å². The molecule has 0 aliphatic heterocycles. The maximum atomic E-state index is 12.6. The van der Waals surface area contributed by atoms with Crippen molar-refractivity contribution in [2.45, 2.75) is 46.6 Å². The van der Waals surface area contributed by atoms with Gasteiger partial charge in [-0.3, -0.25) is 4.79 Å². The number of anilines is 1. The summed E-state index contributed by atoms with van der Waals surface area (Å²) in [6, 6.07) is 6.26. The number of nitrogens with zero attached hydrogens (tertiary/aromatic N) is 1. The van der Waals surface area contributed by atoms with E-state index in [0.29, 0.717) is 0 Å². The van der Waals surface area contributed by atoms with Gasteiger partial charge in [-0.2, -0.15) is 0 Å². The molecule has 1 aromatic rings. The minimum absolute atomic E-state index is 0.0978. The first-order chi connectivity index (χ1) is 9.01. The maximum absolute atomic E-state index is 12.6. The molecule has 1 atom stereocenters. The first-order valence-corrected chi connectivity index (χ1v) is 7.12. The normalized spacial score (nSPS) is 12.1. The van der Waals surface area contributed by atoms with Crippen LogP contribution in [0.1, 0.15) is 49.5 Å². The quantitative estimate of drug-likeness (QED) is 0.848. The van der Waals surface area contributed by atoms with Crippen molar-refractivity contribution in [3.05, 3.63) is 29.3 Å². The number of hydrogen-bond donors (Lipinski definition) is 1. The summed E-state index contributed by atoms with van der Waals surface area (Å²) >= 11 is 0. The summed E-state index contributed by atoms with van der Waals surface area (Å²) in [5.74, 6) is 0.0978. The number of carbonyl (C=O) groups excluding carboxylic acids is 1. The molecule has 0 saturated heterocycles. The van der Waals surface area contributed by atoms with E-state index in [0.717, 1.165) is 36.2 Å². The zero-order valence-electron chi connectivity index (χ0n) is 12.8. The van der Waals surface area contributed by atoms with Crippen molar-refractivity contribution in [1.82, 2.24) is 4.90 Å². The summed E-state index contributed by atoms with van der Waals surface area (Å²) in [4.78, 5) is 14.4. The second-order valence-electron chi connectivity index (χ2n) is 5.13. The third-order valence-electron chi connectivity index (χ3n) is 3.46. The van der Waals surface area contributed by atoms with Gasteiger partial charge < -0.3 is 10.2 Å². The molecule has 0 spiro atoms. The summed E-state index contributed by atoms with van der Waals surface area (Å²) in [5.41, 5.74) is 2.81. The zero-order valence-corrected chi connectivity index (χ0v) is 12.8. The highest BCUT2D eigenvalue weighted by molar-refractivity contribution is 5.99. The van der Waals surface area contributed by atoms with Crippen molar-refractivity contribution in [1.29, 1.82) is 0 Å². The van der Waals surface area contributed by atoms with Crippen LogP contribution < -0.4 is 5.32 Å². The molecule has 0 radical (unpaired) electrons. The van der Waals surface area contributed by atoms with Gasteiger partial charge in [-0.25, -0.2) is 0 Å². The van der Waals surface area contributed by atoms with Crippen LogP contribution in [0.5, 0.6) is 0 Å². The Morgan fingerprint density at radius 3 is 2.63 bits per heavy atom. The average Bonchev–Trinajstić information content (AvgIpc) is 2.39. The second kappa shape index (κ2) is 7.17. The van der Waals surface area contributed by atoms with Crippen molar-refractivity contribution >= 4 is 11.6 Å². The smallest absolute Gasteiger partial charge is 0.255 e. The van der Waals surface area contributed by atoms with Crippen molar-refractivity contribution in [2.24, 2.45) is 0 Å². The number of rotatable bonds is 6. The molecule has 0 bridgehead atoms. The Morgan fingerprint density at radius 2 is 2.05 bits per heavy atom. The molecule has 3 nitrogen and oxygen atoms in total. The van der Waals surface area contributed by atoms with Gasteiger partial charge in [0.05, 0.1) is 5.56 Å². The Kier molecular flexibility index (Phi) is 5.87. The topological polar surface area (TPSA) is 32.3 Å². The largest absolute Gasteiger partial charge is 0.385 e. The van der Waals surface area contributed by atoms with Crippen LogP contribution in [0.3, 0.4) is 0 Å². The SMILES string of the molecule is CCCC(C)N(C)C(=O)c1cc(C)ccc1NCC. The van der Waals surface area contributed by atoms with E-state index < -0.39 is 0 Å². The van der Waals surface area contributed by atoms with Crippen LogP contribution in [0.4, 0.5) is 5.69 Å². The van der Waals surface area contributed by atoms with Crippen LogP contribution in [0.25, 0.3) is 0 Å². The fraction of sp³-hybridized carbons (Fsp3) is 0.562. The Morgan fingerprint density at radius 1 is 1.37 bits per heavy atom. The Balaban J connectivity index is 3.00. The predicted molar refractivity (Wildman–Crippen MR) is 81.8 cm³/mol. The minimum Gasteiger partial charge on any atom is -0.385 e. The molecule has 0 aliphatic rings. The van der Waals surface area contributed by atoms with E-state index in [2.05, 4.69) is 19.2 Å². The molecule has 0 aromatic heterocycles. The summed E-state index contributed by atoms with van der Waals surface area (Å²) < 4.78 is 0. The molecule has 19 heavy (non-hydrogen) atoms. The molecule has 106 valence electrons. The molecule has 1 N–H and O–H groups in total. The first-order valence-electron chi connectivity index (χ1n) is 7.12. The number of hydrogen-bond acceptors (Lipinski definition) is 2. The lowest BCUT2D eigenvalue weighted by Crippen LogP contribution is -2.35. The van der Waals surface area contributed by atoms with Gasteiger partial charge in [-0.05, 0) is 39.3 Å². The fourth-order valence-corrected chi connectivity index (χ4v) is 2.18. The molecular formula is C16H26N2O. The molecule has 0 fully saturated rings. The Hall–Kier alpha value is -1.51. The van der Waals surface area contributed by atoms with Crippen molar-refractivity contribution in [3.8, 4) is 0 Å². The molecule has 0 heterocycles. The summed E-state index contributed by atoms with van der Waals surface area (Å²) in [6.07, 6.45) is 2.12. The van der Waals surface area contributed by atoms with E-state index in [1.165, 1.54) is 0 Å². The van der Waals surface area contributed by atoms with Crippen LogP contribution in [-0.4, -0.2) is 30.4 Å². The Bertz CT molecular complexity index is 429. The fourth-order valence-electron chi connectivity index (χ4n) is 2.18. The number of nitrogens with one attached hydrogen (secondary N) is 1. The molecule has 1 rings (SSSR count). The third kappa shape index (κ3) is 3.98. The van der Waals surface area contributed by atoms with Gasteiger partial charge in [0.25, 0.3) is 5.91 Å². The van der Waals surface area contributed by atoms with Gasteiger partial charge in [-0.15, -0.1) is 0 Å². The molecule has 0 aliphatic carbocycles. The van der Waals surface area contributed by atoms with Crippen molar-refractivity contribution < 1.29 is 4.79 Å².